The molecule has 0 bridgehead atoms. The summed E-state index contributed by atoms with van der Waals surface area (Å²) in [5.74, 6) is 2.10. The van der Waals surface area contributed by atoms with Gasteiger partial charge in [0.05, 0.1) is 44.3 Å². The number of fused-ring (bicyclic) bond motifs is 1. The molecule has 1 N–H and O–H groups in total. The zero-order valence-electron chi connectivity index (χ0n) is 18.2. The van der Waals surface area contributed by atoms with Gasteiger partial charge in [0.2, 0.25) is 5.95 Å². The molecule has 9 nitrogen and oxygen atoms in total. The number of hydrogen-bond acceptors (Lipinski definition) is 9. The number of ether oxygens (including phenoxy) is 3. The van der Waals surface area contributed by atoms with E-state index in [9.17, 15) is 0 Å². The summed E-state index contributed by atoms with van der Waals surface area (Å²) in [6.45, 7) is 3.22. The maximum absolute atomic E-state index is 6.49. The Morgan fingerprint density at radius 2 is 1.72 bits per heavy atom. The Balaban J connectivity index is 1.25. The molecule has 0 atom stereocenters. The summed E-state index contributed by atoms with van der Waals surface area (Å²) < 4.78 is 17.1. The van der Waals surface area contributed by atoms with Gasteiger partial charge in [0.1, 0.15) is 11.3 Å². The predicted molar refractivity (Wildman–Crippen MR) is 121 cm³/mol. The number of aromatic nitrogens is 4. The first-order valence-corrected chi connectivity index (χ1v) is 11.1. The van der Waals surface area contributed by atoms with E-state index in [-0.39, 0.29) is 6.10 Å². The fourth-order valence-corrected chi connectivity index (χ4v) is 4.31. The van der Waals surface area contributed by atoms with Crippen LogP contribution in [-0.2, 0) is 4.74 Å². The maximum atomic E-state index is 6.49. The van der Waals surface area contributed by atoms with Crippen molar-refractivity contribution in [1.82, 2.24) is 19.9 Å². The SMILES string of the molecule is COc1cnc(NC2CCC(Oc3cc(N4CCOCC4)cc4nccnc34)CC2)nc1. The fourth-order valence-electron chi connectivity index (χ4n) is 4.31. The molecule has 0 spiro atoms. The molecule has 0 radical (unpaired) electrons. The first-order valence-electron chi connectivity index (χ1n) is 11.1. The molecule has 3 aromatic rings. The minimum atomic E-state index is 0.148. The molecule has 2 fully saturated rings. The number of hydrogen-bond donors (Lipinski definition) is 1. The van der Waals surface area contributed by atoms with Crippen LogP contribution >= 0.6 is 0 Å². The van der Waals surface area contributed by atoms with E-state index in [1.165, 1.54) is 0 Å². The van der Waals surface area contributed by atoms with Crippen molar-refractivity contribution >= 4 is 22.7 Å². The zero-order chi connectivity index (χ0) is 21.8. The molecular formula is C23H28N6O3. The summed E-state index contributed by atoms with van der Waals surface area (Å²) in [6.07, 6.45) is 10.9. The summed E-state index contributed by atoms with van der Waals surface area (Å²) in [6, 6.07) is 4.54. The molecule has 3 heterocycles. The molecule has 1 aliphatic carbocycles. The molecule has 1 saturated carbocycles. The number of nitrogens with zero attached hydrogens (tertiary/aromatic N) is 5. The molecule has 5 rings (SSSR count). The number of morpholine rings is 1. The highest BCUT2D eigenvalue weighted by Crippen LogP contribution is 2.33. The Hall–Kier alpha value is -3.20. The van der Waals surface area contributed by atoms with E-state index in [0.717, 1.165) is 74.5 Å². The van der Waals surface area contributed by atoms with Crippen LogP contribution in [0.1, 0.15) is 25.7 Å². The predicted octanol–water partition coefficient (Wildman–Crippen LogP) is 3.07. The van der Waals surface area contributed by atoms with E-state index in [1.54, 1.807) is 31.9 Å². The van der Waals surface area contributed by atoms with Crippen molar-refractivity contribution in [2.45, 2.75) is 37.8 Å². The molecular weight excluding hydrogens is 408 g/mol. The average molecular weight is 437 g/mol. The van der Waals surface area contributed by atoms with E-state index in [0.29, 0.717) is 17.7 Å². The van der Waals surface area contributed by atoms with E-state index < -0.39 is 0 Å². The van der Waals surface area contributed by atoms with Crippen molar-refractivity contribution in [2.24, 2.45) is 0 Å². The quantitative estimate of drug-likeness (QED) is 0.625. The van der Waals surface area contributed by atoms with Gasteiger partial charge in [-0.25, -0.2) is 15.0 Å². The van der Waals surface area contributed by atoms with E-state index in [1.807, 2.05) is 0 Å². The lowest BCUT2D eigenvalue weighted by molar-refractivity contribution is 0.122. The first kappa shape index (κ1) is 20.7. The second kappa shape index (κ2) is 9.52. The average Bonchev–Trinajstić information content (AvgIpc) is 2.86. The van der Waals surface area contributed by atoms with Gasteiger partial charge in [-0.05, 0) is 31.7 Å². The topological polar surface area (TPSA) is 94.5 Å². The molecule has 32 heavy (non-hydrogen) atoms. The molecule has 1 aliphatic heterocycles. The molecule has 9 heteroatoms. The minimum Gasteiger partial charge on any atom is -0.494 e. The molecule has 2 aliphatic rings. The third kappa shape index (κ3) is 4.67. The second-order valence-electron chi connectivity index (χ2n) is 8.15. The van der Waals surface area contributed by atoms with Gasteiger partial charge in [0, 0.05) is 43.3 Å². The van der Waals surface area contributed by atoms with E-state index in [2.05, 4.69) is 42.3 Å². The molecule has 0 unspecified atom stereocenters. The highest BCUT2D eigenvalue weighted by Gasteiger charge is 2.24. The molecule has 2 aromatic heterocycles. The van der Waals surface area contributed by atoms with E-state index >= 15 is 0 Å². The summed E-state index contributed by atoms with van der Waals surface area (Å²) in [4.78, 5) is 20.0. The zero-order valence-corrected chi connectivity index (χ0v) is 18.2. The van der Waals surface area contributed by atoms with Gasteiger partial charge in [-0.1, -0.05) is 0 Å². The lowest BCUT2D eigenvalue weighted by atomic mass is 9.93. The van der Waals surface area contributed by atoms with Gasteiger partial charge >= 0.3 is 0 Å². The van der Waals surface area contributed by atoms with Crippen molar-refractivity contribution in [3.05, 3.63) is 36.9 Å². The largest absolute Gasteiger partial charge is 0.494 e. The third-order valence-corrected chi connectivity index (χ3v) is 6.06. The van der Waals surface area contributed by atoms with Crippen molar-refractivity contribution in [3.63, 3.8) is 0 Å². The lowest BCUT2D eigenvalue weighted by Gasteiger charge is -2.31. The third-order valence-electron chi connectivity index (χ3n) is 6.06. The van der Waals surface area contributed by atoms with Crippen LogP contribution in [-0.4, -0.2) is 65.5 Å². The monoisotopic (exact) mass is 436 g/mol. The summed E-state index contributed by atoms with van der Waals surface area (Å²) in [7, 11) is 1.61. The number of benzene rings is 1. The van der Waals surface area contributed by atoms with Crippen LogP contribution in [0.5, 0.6) is 11.5 Å². The van der Waals surface area contributed by atoms with Crippen molar-refractivity contribution in [2.75, 3.05) is 43.6 Å². The van der Waals surface area contributed by atoms with Crippen LogP contribution in [0, 0.1) is 0 Å². The highest BCUT2D eigenvalue weighted by molar-refractivity contribution is 5.85. The van der Waals surface area contributed by atoms with Crippen LogP contribution in [0.4, 0.5) is 11.6 Å². The Kier molecular flexibility index (Phi) is 6.15. The smallest absolute Gasteiger partial charge is 0.223 e. The van der Waals surface area contributed by atoms with Gasteiger partial charge in [-0.15, -0.1) is 0 Å². The van der Waals surface area contributed by atoms with Crippen LogP contribution in [0.15, 0.2) is 36.9 Å². The molecule has 168 valence electrons. The number of anilines is 2. The first-order chi connectivity index (χ1) is 15.8. The molecule has 1 saturated heterocycles. The van der Waals surface area contributed by atoms with E-state index in [4.69, 9.17) is 14.2 Å². The van der Waals surface area contributed by atoms with Crippen molar-refractivity contribution < 1.29 is 14.2 Å². The standard InChI is InChI=1S/C23H28N6O3/c1-30-19-14-26-23(27-15-19)28-16-2-4-18(5-3-16)32-21-13-17(29-8-10-31-11-9-29)12-20-22(21)25-7-6-24-20/h6-7,12-16,18H,2-5,8-11H2,1H3,(H,26,27,28). The van der Waals surface area contributed by atoms with Crippen LogP contribution in [0.2, 0.25) is 0 Å². The summed E-state index contributed by atoms with van der Waals surface area (Å²) >= 11 is 0. The Morgan fingerprint density at radius 1 is 0.969 bits per heavy atom. The number of nitrogens with one attached hydrogen (secondary N) is 1. The second-order valence-corrected chi connectivity index (χ2v) is 8.15. The van der Waals surface area contributed by atoms with Gasteiger partial charge < -0.3 is 24.4 Å². The molecule has 1 aromatic carbocycles. The summed E-state index contributed by atoms with van der Waals surface area (Å²) in [5, 5.41) is 3.42. The minimum absolute atomic E-state index is 0.148. The van der Waals surface area contributed by atoms with Crippen molar-refractivity contribution in [3.8, 4) is 11.5 Å². The molecule has 0 amide bonds. The van der Waals surface area contributed by atoms with Crippen LogP contribution < -0.4 is 19.7 Å². The summed E-state index contributed by atoms with van der Waals surface area (Å²) in [5.41, 5.74) is 2.79. The van der Waals surface area contributed by atoms with Crippen LogP contribution in [0.3, 0.4) is 0 Å². The maximum Gasteiger partial charge on any atom is 0.223 e. The normalized spacial score (nSPS) is 21.3. The van der Waals surface area contributed by atoms with Gasteiger partial charge in [0.25, 0.3) is 0 Å². The van der Waals surface area contributed by atoms with Gasteiger partial charge in [-0.2, -0.15) is 0 Å². The van der Waals surface area contributed by atoms with Gasteiger partial charge in [-0.3, -0.25) is 4.98 Å². The highest BCUT2D eigenvalue weighted by atomic mass is 16.5. The number of rotatable bonds is 6. The van der Waals surface area contributed by atoms with Crippen LogP contribution in [0.25, 0.3) is 11.0 Å². The Bertz CT molecular complexity index is 1030. The van der Waals surface area contributed by atoms with Gasteiger partial charge in [0.15, 0.2) is 5.75 Å². The lowest BCUT2D eigenvalue weighted by Crippen LogP contribution is -2.36. The Labute approximate surface area is 187 Å². The number of methoxy groups -OCH3 is 1. The Morgan fingerprint density at radius 3 is 2.47 bits per heavy atom. The fraction of sp³-hybridized carbons (Fsp3) is 0.478. The van der Waals surface area contributed by atoms with Crippen molar-refractivity contribution in [1.29, 1.82) is 0 Å².